The highest BCUT2D eigenvalue weighted by Crippen LogP contribution is 2.30. The Labute approximate surface area is 169 Å². The third-order valence-electron chi connectivity index (χ3n) is 4.66. The van der Waals surface area contributed by atoms with Crippen LogP contribution in [-0.2, 0) is 9.53 Å². The molecule has 2 rings (SSSR count). The van der Waals surface area contributed by atoms with E-state index in [1.165, 1.54) is 0 Å². The van der Waals surface area contributed by atoms with E-state index in [-0.39, 0.29) is 28.9 Å². The molecular formula is C19H30BrN3O4. The van der Waals surface area contributed by atoms with Gasteiger partial charge >= 0.3 is 0 Å². The van der Waals surface area contributed by atoms with Crippen molar-refractivity contribution in [3.63, 3.8) is 0 Å². The molecule has 4 atom stereocenters. The van der Waals surface area contributed by atoms with Crippen LogP contribution in [0.25, 0.3) is 0 Å². The second kappa shape index (κ2) is 10.3. The number of hydrazine groups is 1. The van der Waals surface area contributed by atoms with Crippen LogP contribution >= 0.6 is 15.9 Å². The maximum Gasteiger partial charge on any atom is 0.240 e. The molecule has 152 valence electrons. The van der Waals surface area contributed by atoms with Gasteiger partial charge in [-0.1, -0.05) is 35.8 Å². The molecule has 1 heterocycles. The molecule has 1 aliphatic heterocycles. The molecule has 1 fully saturated rings. The minimum Gasteiger partial charge on any atom is -0.493 e. The Morgan fingerprint density at radius 2 is 1.93 bits per heavy atom. The summed E-state index contributed by atoms with van der Waals surface area (Å²) in [6.07, 6.45) is 0. The quantitative estimate of drug-likeness (QED) is 0.400. The van der Waals surface area contributed by atoms with Crippen LogP contribution in [0, 0.1) is 5.92 Å². The highest BCUT2D eigenvalue weighted by molar-refractivity contribution is 9.09. The molecule has 1 amide bonds. The van der Waals surface area contributed by atoms with Crippen molar-refractivity contribution in [2.24, 2.45) is 5.92 Å². The van der Waals surface area contributed by atoms with Crippen molar-refractivity contribution in [3.05, 3.63) is 23.8 Å². The van der Waals surface area contributed by atoms with Crippen LogP contribution in [0.5, 0.6) is 11.5 Å². The van der Waals surface area contributed by atoms with Gasteiger partial charge in [0.25, 0.3) is 0 Å². The third kappa shape index (κ3) is 5.57. The van der Waals surface area contributed by atoms with Gasteiger partial charge < -0.3 is 19.5 Å². The molecule has 27 heavy (non-hydrogen) atoms. The first-order chi connectivity index (χ1) is 12.9. The Bertz CT molecular complexity index is 629. The molecule has 1 aromatic rings. The first kappa shape index (κ1) is 21.9. The minimum absolute atomic E-state index is 0.0239. The Balaban J connectivity index is 2.00. The summed E-state index contributed by atoms with van der Waals surface area (Å²) in [4.78, 5) is 12.7. The molecule has 0 aliphatic carbocycles. The van der Waals surface area contributed by atoms with Gasteiger partial charge in [-0.25, -0.2) is 5.43 Å². The average molecular weight is 444 g/mol. The number of nitrogens with one attached hydrogen (secondary N) is 3. The lowest BCUT2D eigenvalue weighted by Gasteiger charge is -2.22. The molecule has 1 aromatic carbocycles. The fourth-order valence-electron chi connectivity index (χ4n) is 2.99. The number of ether oxygens (including phenoxy) is 3. The smallest absolute Gasteiger partial charge is 0.240 e. The van der Waals surface area contributed by atoms with E-state index in [1.807, 2.05) is 25.1 Å². The van der Waals surface area contributed by atoms with E-state index in [2.05, 4.69) is 45.9 Å². The Kier molecular flexibility index (Phi) is 8.34. The normalized spacial score (nSPS) is 23.3. The van der Waals surface area contributed by atoms with Crippen molar-refractivity contribution in [2.45, 2.75) is 43.7 Å². The largest absolute Gasteiger partial charge is 0.493 e. The summed E-state index contributed by atoms with van der Waals surface area (Å²) in [5.74, 6) is 1.63. The van der Waals surface area contributed by atoms with Crippen molar-refractivity contribution in [2.75, 3.05) is 27.4 Å². The number of carbonyl (C=O) groups excluding carboxylic acids is 1. The Morgan fingerprint density at radius 3 is 2.52 bits per heavy atom. The number of halogens is 1. The lowest BCUT2D eigenvalue weighted by atomic mass is 9.99. The molecule has 8 heteroatoms. The standard InChI is InChI=1S/C19H30BrN3O4/c1-11(2)17-16(20)18(23-22-17)19(24)21-12(3)13-6-7-14(15(10-13)26-5)27-9-8-25-4/h6-7,10-12,16-18,22-23H,8-9H2,1-5H3,(H,21,24). The molecule has 0 radical (unpaired) electrons. The van der Waals surface area contributed by atoms with E-state index >= 15 is 0 Å². The number of alkyl halides is 1. The predicted octanol–water partition coefficient (Wildman–Crippen LogP) is 2.16. The summed E-state index contributed by atoms with van der Waals surface area (Å²) in [7, 11) is 3.23. The van der Waals surface area contributed by atoms with Gasteiger partial charge in [0.05, 0.1) is 24.6 Å². The predicted molar refractivity (Wildman–Crippen MR) is 108 cm³/mol. The van der Waals surface area contributed by atoms with Gasteiger partial charge in [0, 0.05) is 13.2 Å². The van der Waals surface area contributed by atoms with Crippen LogP contribution in [0.3, 0.4) is 0 Å². The van der Waals surface area contributed by atoms with E-state index in [0.717, 1.165) is 5.56 Å². The van der Waals surface area contributed by atoms with Crippen molar-refractivity contribution < 1.29 is 19.0 Å². The summed E-state index contributed by atoms with van der Waals surface area (Å²) in [5.41, 5.74) is 7.23. The molecule has 0 aromatic heterocycles. The van der Waals surface area contributed by atoms with Crippen molar-refractivity contribution in [1.82, 2.24) is 16.2 Å². The van der Waals surface area contributed by atoms with Gasteiger partial charge in [-0.05, 0) is 30.5 Å². The van der Waals surface area contributed by atoms with E-state index in [9.17, 15) is 4.79 Å². The second-order valence-corrected chi connectivity index (χ2v) is 8.02. The maximum atomic E-state index is 12.7. The van der Waals surface area contributed by atoms with Crippen LogP contribution in [-0.4, -0.2) is 50.3 Å². The molecule has 0 bridgehead atoms. The minimum atomic E-state index is -0.335. The van der Waals surface area contributed by atoms with Crippen LogP contribution in [0.4, 0.5) is 0 Å². The maximum absolute atomic E-state index is 12.7. The lowest BCUT2D eigenvalue weighted by Crippen LogP contribution is -2.46. The molecular weight excluding hydrogens is 414 g/mol. The number of methoxy groups -OCH3 is 2. The number of hydrogen-bond acceptors (Lipinski definition) is 6. The first-order valence-electron chi connectivity index (χ1n) is 9.14. The van der Waals surface area contributed by atoms with E-state index in [1.54, 1.807) is 14.2 Å². The first-order valence-corrected chi connectivity index (χ1v) is 10.1. The van der Waals surface area contributed by atoms with Gasteiger partial charge in [-0.2, -0.15) is 0 Å². The topological polar surface area (TPSA) is 80.9 Å². The third-order valence-corrected chi connectivity index (χ3v) is 5.76. The monoisotopic (exact) mass is 443 g/mol. The highest BCUT2D eigenvalue weighted by Gasteiger charge is 2.40. The molecule has 0 saturated carbocycles. The number of amides is 1. The van der Waals surface area contributed by atoms with Crippen LogP contribution in [0.15, 0.2) is 18.2 Å². The summed E-state index contributed by atoms with van der Waals surface area (Å²) >= 11 is 3.65. The van der Waals surface area contributed by atoms with Crippen molar-refractivity contribution in [1.29, 1.82) is 0 Å². The van der Waals surface area contributed by atoms with Crippen molar-refractivity contribution in [3.8, 4) is 11.5 Å². The van der Waals surface area contributed by atoms with Gasteiger partial charge in [0.2, 0.25) is 5.91 Å². The average Bonchev–Trinajstić information content (AvgIpc) is 3.03. The molecule has 4 unspecified atom stereocenters. The van der Waals surface area contributed by atoms with E-state index in [0.29, 0.717) is 30.6 Å². The van der Waals surface area contributed by atoms with E-state index in [4.69, 9.17) is 14.2 Å². The fourth-order valence-corrected chi connectivity index (χ4v) is 4.11. The molecule has 0 spiro atoms. The van der Waals surface area contributed by atoms with Gasteiger partial charge in [0.1, 0.15) is 12.6 Å². The number of hydrogen-bond donors (Lipinski definition) is 3. The number of rotatable bonds is 9. The summed E-state index contributed by atoms with van der Waals surface area (Å²) in [5, 5.41) is 3.06. The van der Waals surface area contributed by atoms with E-state index < -0.39 is 0 Å². The van der Waals surface area contributed by atoms with Crippen molar-refractivity contribution >= 4 is 21.8 Å². The zero-order valence-corrected chi connectivity index (χ0v) is 18.1. The number of carbonyl (C=O) groups is 1. The second-order valence-electron chi connectivity index (χ2n) is 6.96. The van der Waals surface area contributed by atoms with Crippen LogP contribution in [0.2, 0.25) is 0 Å². The van der Waals surface area contributed by atoms with Gasteiger partial charge in [-0.15, -0.1) is 0 Å². The summed E-state index contributed by atoms with van der Waals surface area (Å²) in [6, 6.07) is 5.36. The zero-order chi connectivity index (χ0) is 20.0. The zero-order valence-electron chi connectivity index (χ0n) is 16.5. The van der Waals surface area contributed by atoms with Crippen LogP contribution in [0.1, 0.15) is 32.4 Å². The number of benzene rings is 1. The fraction of sp³-hybridized carbons (Fsp3) is 0.632. The van der Waals surface area contributed by atoms with Gasteiger partial charge in [-0.3, -0.25) is 10.2 Å². The molecule has 7 nitrogen and oxygen atoms in total. The SMILES string of the molecule is COCCOc1ccc(C(C)NC(=O)C2NNC(C(C)C)C2Br)cc1OC. The lowest BCUT2D eigenvalue weighted by molar-refractivity contribution is -0.123. The molecule has 3 N–H and O–H groups in total. The molecule has 1 saturated heterocycles. The Morgan fingerprint density at radius 1 is 1.19 bits per heavy atom. The molecule has 1 aliphatic rings. The van der Waals surface area contributed by atoms with Gasteiger partial charge in [0.15, 0.2) is 11.5 Å². The Hall–Kier alpha value is -1.35. The highest BCUT2D eigenvalue weighted by atomic mass is 79.9. The summed E-state index contributed by atoms with van der Waals surface area (Å²) < 4.78 is 16.1. The summed E-state index contributed by atoms with van der Waals surface area (Å²) in [6.45, 7) is 7.15. The van der Waals surface area contributed by atoms with Crippen LogP contribution < -0.4 is 25.6 Å².